The molecule has 1 amide bonds. The summed E-state index contributed by atoms with van der Waals surface area (Å²) in [5.41, 5.74) is 0.425. The number of alkyl halides is 2. The maximum absolute atomic E-state index is 13.1. The summed E-state index contributed by atoms with van der Waals surface area (Å²) in [7, 11) is 0. The van der Waals surface area contributed by atoms with Crippen molar-refractivity contribution in [1.82, 2.24) is 29.5 Å². The molecule has 9 heteroatoms. The molecule has 124 valence electrons. The molecule has 7 nitrogen and oxygen atoms in total. The van der Waals surface area contributed by atoms with E-state index in [1.807, 2.05) is 0 Å². The van der Waals surface area contributed by atoms with Crippen LogP contribution in [-0.4, -0.2) is 61.6 Å². The van der Waals surface area contributed by atoms with Crippen molar-refractivity contribution in [3.63, 3.8) is 0 Å². The Kier molecular flexibility index (Phi) is 4.37. The van der Waals surface area contributed by atoms with Gasteiger partial charge in [0.1, 0.15) is 17.8 Å². The molecule has 1 aliphatic rings. The van der Waals surface area contributed by atoms with Crippen molar-refractivity contribution in [2.45, 2.75) is 20.0 Å². The Labute approximate surface area is 131 Å². The number of piperazine rings is 1. The summed E-state index contributed by atoms with van der Waals surface area (Å²) in [6.07, 6.45) is 1.45. The van der Waals surface area contributed by atoms with Crippen LogP contribution in [0.5, 0.6) is 0 Å². The molecule has 2 aromatic rings. The van der Waals surface area contributed by atoms with Gasteiger partial charge in [-0.1, -0.05) is 0 Å². The molecular formula is C14H18F2N6O. The van der Waals surface area contributed by atoms with Gasteiger partial charge in [-0.25, -0.2) is 4.98 Å². The van der Waals surface area contributed by atoms with Gasteiger partial charge in [0.2, 0.25) is 0 Å². The molecule has 23 heavy (non-hydrogen) atoms. The highest BCUT2D eigenvalue weighted by atomic mass is 19.3. The second kappa shape index (κ2) is 6.45. The summed E-state index contributed by atoms with van der Waals surface area (Å²) in [4.78, 5) is 20.3. The molecule has 0 unspecified atom stereocenters. The summed E-state index contributed by atoms with van der Waals surface area (Å²) in [5, 5.41) is 6.59. The molecule has 0 saturated carbocycles. The molecular weight excluding hydrogens is 306 g/mol. The highest BCUT2D eigenvalue weighted by Crippen LogP contribution is 2.20. The molecule has 0 aliphatic carbocycles. The Morgan fingerprint density at radius 2 is 2.04 bits per heavy atom. The fraction of sp³-hybridized carbons (Fsp3) is 0.500. The molecule has 0 spiro atoms. The number of carbonyl (C=O) groups excluding carboxylic acids is 1. The second-order valence-corrected chi connectivity index (χ2v) is 5.51. The number of hydrogen-bond acceptors (Lipinski definition) is 4. The molecule has 0 aromatic carbocycles. The molecule has 0 atom stereocenters. The first kappa shape index (κ1) is 15.6. The molecule has 1 aliphatic heterocycles. The van der Waals surface area contributed by atoms with Crippen molar-refractivity contribution in [3.8, 4) is 0 Å². The number of H-pyrrole nitrogens is 1. The lowest BCUT2D eigenvalue weighted by molar-refractivity contribution is 0.0488. The largest absolute Gasteiger partial charge is 0.335 e. The molecule has 0 radical (unpaired) electrons. The minimum atomic E-state index is -2.71. The SMILES string of the molecule is Cc1ccc(C(=O)N2CCN(Cc3ncn[nH]3)CC2)n1C(F)F. The average Bonchev–Trinajstić information content (AvgIpc) is 3.16. The maximum atomic E-state index is 13.1. The van der Waals surface area contributed by atoms with E-state index < -0.39 is 6.55 Å². The summed E-state index contributed by atoms with van der Waals surface area (Å²) in [6.45, 7) is 1.83. The molecule has 3 rings (SSSR count). The number of rotatable bonds is 4. The number of halogens is 2. The van der Waals surface area contributed by atoms with Crippen molar-refractivity contribution in [2.24, 2.45) is 0 Å². The highest BCUT2D eigenvalue weighted by molar-refractivity contribution is 5.93. The quantitative estimate of drug-likeness (QED) is 0.919. The second-order valence-electron chi connectivity index (χ2n) is 5.51. The van der Waals surface area contributed by atoms with Crippen molar-refractivity contribution in [2.75, 3.05) is 26.2 Å². The van der Waals surface area contributed by atoms with Crippen LogP contribution in [0.2, 0.25) is 0 Å². The minimum absolute atomic E-state index is 0.0428. The monoisotopic (exact) mass is 324 g/mol. The summed E-state index contributed by atoms with van der Waals surface area (Å²) < 4.78 is 27.0. The number of aryl methyl sites for hydroxylation is 1. The van der Waals surface area contributed by atoms with Gasteiger partial charge in [0.25, 0.3) is 5.91 Å². The van der Waals surface area contributed by atoms with Gasteiger partial charge in [0.05, 0.1) is 6.54 Å². The van der Waals surface area contributed by atoms with E-state index in [1.165, 1.54) is 12.4 Å². The van der Waals surface area contributed by atoms with Gasteiger partial charge < -0.3 is 4.90 Å². The van der Waals surface area contributed by atoms with Crippen molar-refractivity contribution in [1.29, 1.82) is 0 Å². The topological polar surface area (TPSA) is 70.1 Å². The fourth-order valence-corrected chi connectivity index (χ4v) is 2.77. The predicted octanol–water partition coefficient (Wildman–Crippen LogP) is 1.27. The van der Waals surface area contributed by atoms with Gasteiger partial charge in [-0.05, 0) is 19.1 Å². The smallest absolute Gasteiger partial charge is 0.319 e. The van der Waals surface area contributed by atoms with E-state index in [0.29, 0.717) is 38.4 Å². The number of aromatic amines is 1. The third-order valence-electron chi connectivity index (χ3n) is 4.03. The molecule has 1 N–H and O–H groups in total. The lowest BCUT2D eigenvalue weighted by Gasteiger charge is -2.34. The standard InChI is InChI=1S/C14H18F2N6O/c1-10-2-3-11(22(10)14(15)16)13(23)21-6-4-20(5-7-21)8-12-17-9-18-19-12/h2-3,9,14H,4-8H2,1H3,(H,17,18,19). The van der Waals surface area contributed by atoms with E-state index in [4.69, 9.17) is 0 Å². The zero-order chi connectivity index (χ0) is 16.4. The first-order valence-corrected chi connectivity index (χ1v) is 7.38. The molecule has 1 saturated heterocycles. The Balaban J connectivity index is 1.62. The number of carbonyl (C=O) groups is 1. The summed E-state index contributed by atoms with van der Waals surface area (Å²) in [5.74, 6) is 0.421. The van der Waals surface area contributed by atoms with E-state index in [9.17, 15) is 13.6 Å². The molecule has 3 heterocycles. The van der Waals surface area contributed by atoms with Crippen LogP contribution < -0.4 is 0 Å². The van der Waals surface area contributed by atoms with Crippen LogP contribution in [0.15, 0.2) is 18.5 Å². The minimum Gasteiger partial charge on any atom is -0.335 e. The Bertz CT molecular complexity index is 661. The normalized spacial score (nSPS) is 16.3. The summed E-state index contributed by atoms with van der Waals surface area (Å²) >= 11 is 0. The average molecular weight is 324 g/mol. The first-order valence-electron chi connectivity index (χ1n) is 7.38. The van der Waals surface area contributed by atoms with Crippen LogP contribution in [0.4, 0.5) is 8.78 Å². The van der Waals surface area contributed by atoms with E-state index in [0.717, 1.165) is 10.4 Å². The zero-order valence-electron chi connectivity index (χ0n) is 12.7. The highest BCUT2D eigenvalue weighted by Gasteiger charge is 2.26. The van der Waals surface area contributed by atoms with Gasteiger partial charge in [0.15, 0.2) is 0 Å². The van der Waals surface area contributed by atoms with Crippen molar-refractivity contribution < 1.29 is 13.6 Å². The van der Waals surface area contributed by atoms with Crippen LogP contribution in [0.3, 0.4) is 0 Å². The third kappa shape index (κ3) is 3.24. The van der Waals surface area contributed by atoms with Crippen molar-refractivity contribution in [3.05, 3.63) is 35.7 Å². The number of nitrogens with one attached hydrogen (secondary N) is 1. The third-order valence-corrected chi connectivity index (χ3v) is 4.03. The van der Waals surface area contributed by atoms with E-state index in [-0.39, 0.29) is 11.6 Å². The van der Waals surface area contributed by atoms with Crippen LogP contribution >= 0.6 is 0 Å². The van der Waals surface area contributed by atoms with Crippen molar-refractivity contribution >= 4 is 5.91 Å². The van der Waals surface area contributed by atoms with Crippen LogP contribution in [0.25, 0.3) is 0 Å². The molecule has 1 fully saturated rings. The summed E-state index contributed by atoms with van der Waals surface area (Å²) in [6, 6.07) is 3.00. The Morgan fingerprint density at radius 3 is 2.65 bits per heavy atom. The van der Waals surface area contributed by atoms with Gasteiger partial charge in [-0.15, -0.1) is 0 Å². The van der Waals surface area contributed by atoms with E-state index >= 15 is 0 Å². The van der Waals surface area contributed by atoms with Crippen LogP contribution in [-0.2, 0) is 6.54 Å². The molecule has 0 bridgehead atoms. The maximum Gasteiger partial charge on any atom is 0.319 e. The predicted molar refractivity (Wildman–Crippen MR) is 78.0 cm³/mol. The van der Waals surface area contributed by atoms with Gasteiger partial charge >= 0.3 is 6.55 Å². The first-order chi connectivity index (χ1) is 11.1. The number of hydrogen-bond donors (Lipinski definition) is 1. The van der Waals surface area contributed by atoms with Crippen LogP contribution in [0.1, 0.15) is 28.6 Å². The van der Waals surface area contributed by atoms with Gasteiger partial charge in [-0.2, -0.15) is 13.9 Å². The number of nitrogens with zero attached hydrogens (tertiary/aromatic N) is 5. The molecule has 2 aromatic heterocycles. The number of amides is 1. The van der Waals surface area contributed by atoms with Crippen LogP contribution in [0, 0.1) is 6.92 Å². The Hall–Kier alpha value is -2.29. The Morgan fingerprint density at radius 1 is 1.30 bits per heavy atom. The van der Waals surface area contributed by atoms with Gasteiger partial charge in [-0.3, -0.25) is 19.4 Å². The number of aromatic nitrogens is 4. The lowest BCUT2D eigenvalue weighted by Crippen LogP contribution is -2.48. The van der Waals surface area contributed by atoms with E-state index in [1.54, 1.807) is 17.9 Å². The van der Waals surface area contributed by atoms with Gasteiger partial charge in [0, 0.05) is 31.9 Å². The van der Waals surface area contributed by atoms with E-state index in [2.05, 4.69) is 20.1 Å². The zero-order valence-corrected chi connectivity index (χ0v) is 12.7. The lowest BCUT2D eigenvalue weighted by atomic mass is 10.2. The fourth-order valence-electron chi connectivity index (χ4n) is 2.77.